The van der Waals surface area contributed by atoms with E-state index in [0.29, 0.717) is 12.8 Å². The van der Waals surface area contributed by atoms with Gasteiger partial charge in [0.1, 0.15) is 60.5 Å². The largest absolute Gasteiger partial charge is 0.481 e. The topological polar surface area (TPSA) is 386 Å². The molecule has 0 unspecified atom stereocenters. The van der Waals surface area contributed by atoms with Crippen LogP contribution in [0.3, 0.4) is 0 Å². The fourth-order valence-corrected chi connectivity index (χ4v) is 8.96. The summed E-state index contributed by atoms with van der Waals surface area (Å²) in [4.78, 5) is 153. The summed E-state index contributed by atoms with van der Waals surface area (Å²) in [6.45, 7) is 18.5. The van der Waals surface area contributed by atoms with E-state index in [1.807, 2.05) is 0 Å². The molecule has 0 aromatic carbocycles. The van der Waals surface area contributed by atoms with Gasteiger partial charge in [-0.15, -0.1) is 0 Å². The molecule has 25 nitrogen and oxygen atoms in total. The highest BCUT2D eigenvalue weighted by Gasteiger charge is 2.41. The molecule has 25 heteroatoms. The van der Waals surface area contributed by atoms with Gasteiger partial charge in [0.25, 0.3) is 0 Å². The van der Waals surface area contributed by atoms with Crippen molar-refractivity contribution >= 4 is 65.1 Å². The number of carbonyl (C=O) groups excluding carboxylic acids is 10. The van der Waals surface area contributed by atoms with Crippen molar-refractivity contribution in [1.29, 1.82) is 0 Å². The third-order valence-corrected chi connectivity index (χ3v) is 14.2. The van der Waals surface area contributed by atoms with Crippen molar-refractivity contribution in [2.75, 3.05) is 13.2 Å². The lowest BCUT2D eigenvalue weighted by atomic mass is 9.96. The Morgan fingerprint density at radius 1 is 0.556 bits per heavy atom. The van der Waals surface area contributed by atoms with Gasteiger partial charge in [0, 0.05) is 6.42 Å². The predicted molar refractivity (Wildman–Crippen MR) is 300 cm³/mol. The maximum absolute atomic E-state index is 14.8. The van der Waals surface area contributed by atoms with Gasteiger partial charge in [-0.2, -0.15) is 0 Å². The van der Waals surface area contributed by atoms with E-state index in [9.17, 15) is 73.2 Å². The van der Waals surface area contributed by atoms with Crippen molar-refractivity contribution in [1.82, 2.24) is 47.9 Å². The molecule has 464 valence electrons. The highest BCUT2D eigenvalue weighted by Crippen LogP contribution is 2.18. The van der Waals surface area contributed by atoms with Crippen LogP contribution in [0.15, 0.2) is 0 Å². The zero-order chi connectivity index (χ0) is 61.7. The monoisotopic (exact) mass is 1150 g/mol. The molecule has 1 saturated heterocycles. The molecule has 0 spiro atoms. The molecule has 0 radical (unpaired) electrons. The van der Waals surface area contributed by atoms with Crippen LogP contribution < -0.4 is 47.9 Å². The Kier molecular flexibility index (Phi) is 34.2. The van der Waals surface area contributed by atoms with Crippen LogP contribution in [0.4, 0.5) is 0 Å². The first-order chi connectivity index (χ1) is 38.0. The minimum atomic E-state index is -1.95. The number of aliphatic carboxylic acids is 1. The van der Waals surface area contributed by atoms with Crippen LogP contribution in [0.5, 0.6) is 0 Å². The number of carboxylic acid groups (broad SMARTS) is 1. The van der Waals surface area contributed by atoms with Gasteiger partial charge in [0.15, 0.2) is 0 Å². The van der Waals surface area contributed by atoms with Gasteiger partial charge in [0.2, 0.25) is 53.2 Å². The number of amides is 9. The number of rotatable bonds is 29. The highest BCUT2D eigenvalue weighted by molar-refractivity contribution is 5.99. The lowest BCUT2D eigenvalue weighted by molar-refractivity contribution is -0.158. The first-order valence-corrected chi connectivity index (χ1v) is 29.1. The number of aliphatic hydroxyl groups excluding tert-OH is 3. The molecular formula is C56H99N9O16. The molecule has 1 aliphatic heterocycles. The van der Waals surface area contributed by atoms with E-state index in [1.165, 1.54) is 6.92 Å². The molecule has 0 saturated carbocycles. The van der Waals surface area contributed by atoms with Crippen LogP contribution in [0.1, 0.15) is 179 Å². The van der Waals surface area contributed by atoms with Crippen LogP contribution in [0, 0.1) is 29.6 Å². The summed E-state index contributed by atoms with van der Waals surface area (Å²) in [7, 11) is 0. The van der Waals surface area contributed by atoms with Crippen molar-refractivity contribution in [3.05, 3.63) is 0 Å². The third kappa shape index (κ3) is 27.1. The minimum absolute atomic E-state index is 0.00956. The molecule has 1 aliphatic rings. The van der Waals surface area contributed by atoms with E-state index in [4.69, 9.17) is 4.74 Å². The molecule has 13 atom stereocenters. The number of esters is 1. The van der Waals surface area contributed by atoms with Gasteiger partial charge in [-0.25, -0.2) is 4.79 Å². The second-order valence-electron chi connectivity index (χ2n) is 22.9. The molecule has 1 heterocycles. The number of carboxylic acids is 1. The van der Waals surface area contributed by atoms with Crippen LogP contribution in [0.2, 0.25) is 0 Å². The minimum Gasteiger partial charge on any atom is -0.481 e. The maximum atomic E-state index is 14.8. The molecule has 1 rings (SSSR count). The van der Waals surface area contributed by atoms with Crippen molar-refractivity contribution < 1.29 is 77.9 Å². The Morgan fingerprint density at radius 3 is 1.52 bits per heavy atom. The average molecular weight is 1150 g/mol. The number of aliphatic hydroxyl groups is 3. The number of hydrogen-bond acceptors (Lipinski definition) is 15. The summed E-state index contributed by atoms with van der Waals surface area (Å²) in [5, 5.41) is 63.8. The van der Waals surface area contributed by atoms with E-state index in [0.717, 1.165) is 32.1 Å². The van der Waals surface area contributed by atoms with Gasteiger partial charge in [-0.3, -0.25) is 47.9 Å². The quantitative estimate of drug-likeness (QED) is 0.0365. The molecule has 0 bridgehead atoms. The number of nitrogens with one attached hydrogen (secondary N) is 9. The second-order valence-corrected chi connectivity index (χ2v) is 22.9. The molecular weight excluding hydrogens is 1050 g/mol. The summed E-state index contributed by atoms with van der Waals surface area (Å²) in [5.74, 6) is -13.3. The summed E-state index contributed by atoms with van der Waals surface area (Å²) < 4.78 is 5.85. The van der Waals surface area contributed by atoms with E-state index < -0.39 is 170 Å². The van der Waals surface area contributed by atoms with Gasteiger partial charge >= 0.3 is 11.9 Å². The maximum Gasteiger partial charge on any atom is 0.329 e. The Balaban J connectivity index is 4.01. The SMILES string of the molecule is CCCCCCCC[C@@H](O)CC(=O)N[C@@H](CC(C)C)C(=O)N[C@H](CCC(=O)O)C(=O)N[C@H]1C(=O)N[C@H]([C@@H](C)CC)C(=O)N[C@@H](CC(C)C)C(=O)N[C@H](CO)C(=O)N[C@@H](CC(C)C)C(=O)N[C@H](CO)C(=O)N[C@H]([C@@H](C)CC)C(=O)O[C@@H]1C. The third-order valence-electron chi connectivity index (χ3n) is 14.2. The standard InChI is InChI=1S/C56H99N9O16/c1-13-16-17-18-19-20-21-36(68)27-43(69)57-38(24-30(4)5)49(73)58-37(22-23-44(70)71)48(72)65-47-35(12)81-56(80)46(34(11)15-3)64-53(77)42(29-67)62-50(74)39(25-31(6)7)59-52(76)41(28-66)61-51(75)40(26-32(8)9)60-54(78)45(33(10)14-2)63-55(47)79/h30-42,45-47,66-68H,13-29H2,1-12H3,(H,57,69)(H,58,73)(H,59,76)(H,60,78)(H,61,75)(H,62,74)(H,63,79)(H,64,77)(H,65,72)(H,70,71)/t33-,34-,35+,36+,37+,38-,39-,40-,41+,42+,45+,46+,47+/m0/s1. The first-order valence-electron chi connectivity index (χ1n) is 29.1. The zero-order valence-electron chi connectivity index (χ0n) is 49.9. The van der Waals surface area contributed by atoms with Crippen LogP contribution >= 0.6 is 0 Å². The zero-order valence-corrected chi connectivity index (χ0v) is 49.9. The molecule has 0 aliphatic carbocycles. The molecule has 0 aromatic rings. The summed E-state index contributed by atoms with van der Waals surface area (Å²) >= 11 is 0. The highest BCUT2D eigenvalue weighted by atomic mass is 16.5. The second kappa shape index (κ2) is 37.9. The summed E-state index contributed by atoms with van der Waals surface area (Å²) in [6, 6.07) is -14.1. The Bertz CT molecular complexity index is 2060. The van der Waals surface area contributed by atoms with E-state index in [2.05, 4.69) is 54.8 Å². The van der Waals surface area contributed by atoms with Crippen molar-refractivity contribution in [3.8, 4) is 0 Å². The smallest absolute Gasteiger partial charge is 0.329 e. The first kappa shape index (κ1) is 73.1. The lowest BCUT2D eigenvalue weighted by Crippen LogP contribution is -2.64. The fraction of sp³-hybridized carbons (Fsp3) is 0.804. The summed E-state index contributed by atoms with van der Waals surface area (Å²) in [5.41, 5.74) is 0. The number of carbonyl (C=O) groups is 11. The van der Waals surface area contributed by atoms with E-state index >= 15 is 0 Å². The predicted octanol–water partition coefficient (Wildman–Crippen LogP) is 0.876. The van der Waals surface area contributed by atoms with Crippen molar-refractivity contribution in [3.63, 3.8) is 0 Å². The van der Waals surface area contributed by atoms with Gasteiger partial charge in [-0.1, -0.05) is 128 Å². The molecule has 0 aromatic heterocycles. The van der Waals surface area contributed by atoms with Crippen LogP contribution in [-0.2, 0) is 57.5 Å². The van der Waals surface area contributed by atoms with Crippen LogP contribution in [0.25, 0.3) is 0 Å². The molecule has 1 fully saturated rings. The van der Waals surface area contributed by atoms with Crippen molar-refractivity contribution in [2.45, 2.75) is 246 Å². The lowest BCUT2D eigenvalue weighted by Gasteiger charge is -2.32. The Morgan fingerprint density at radius 2 is 1.02 bits per heavy atom. The van der Waals surface area contributed by atoms with Crippen LogP contribution in [-0.4, -0.2) is 165 Å². The Labute approximate surface area is 478 Å². The molecule has 81 heavy (non-hydrogen) atoms. The van der Waals surface area contributed by atoms with E-state index in [1.54, 1.807) is 69.2 Å². The normalized spacial score (nSPS) is 24.0. The fourth-order valence-electron chi connectivity index (χ4n) is 8.96. The summed E-state index contributed by atoms with van der Waals surface area (Å²) in [6.07, 6.45) is 2.51. The number of cyclic esters (lactones) is 1. The van der Waals surface area contributed by atoms with Gasteiger partial charge in [-0.05, 0) is 68.6 Å². The van der Waals surface area contributed by atoms with Crippen molar-refractivity contribution in [2.24, 2.45) is 29.6 Å². The number of ether oxygens (including phenoxy) is 1. The average Bonchev–Trinajstić information content (AvgIpc) is 3.42. The molecule has 9 amide bonds. The Hall–Kier alpha value is -5.95. The van der Waals surface area contributed by atoms with Gasteiger partial charge < -0.3 is 73.0 Å². The van der Waals surface area contributed by atoms with E-state index in [-0.39, 0.29) is 56.3 Å². The van der Waals surface area contributed by atoms with Gasteiger partial charge in [0.05, 0.1) is 25.7 Å². The molecule has 13 N–H and O–H groups in total. The number of unbranched alkanes of at least 4 members (excludes halogenated alkanes) is 5. The number of hydrogen-bond donors (Lipinski definition) is 13.